The lowest BCUT2D eigenvalue weighted by atomic mass is 9.65. The number of nitrogens with one attached hydrogen (secondary N) is 1. The number of aromatic nitrogens is 3. The van der Waals surface area contributed by atoms with Crippen molar-refractivity contribution in [2.45, 2.75) is 70.9 Å². The molecule has 0 bridgehead atoms. The monoisotopic (exact) mass is 479 g/mol. The zero-order valence-electron chi connectivity index (χ0n) is 20.7. The van der Waals surface area contributed by atoms with Gasteiger partial charge in [-0.2, -0.15) is 0 Å². The maximum Gasteiger partial charge on any atom is 0.251 e. The Kier molecular flexibility index (Phi) is 5.78. The minimum absolute atomic E-state index is 0.00567. The summed E-state index contributed by atoms with van der Waals surface area (Å²) in [7, 11) is 0. The Hall–Kier alpha value is -2.54. The molecular weight excluding hydrogens is 444 g/mol. The highest BCUT2D eigenvalue weighted by molar-refractivity contribution is 5.85. The van der Waals surface area contributed by atoms with Crippen LogP contribution in [0.5, 0.6) is 0 Å². The molecule has 4 heterocycles. The van der Waals surface area contributed by atoms with Crippen LogP contribution in [0.1, 0.15) is 68.8 Å². The van der Waals surface area contributed by atoms with E-state index < -0.39 is 6.43 Å². The lowest BCUT2D eigenvalue weighted by Crippen LogP contribution is -2.58. The minimum atomic E-state index is -2.40. The Bertz CT molecular complexity index is 1170. The van der Waals surface area contributed by atoms with Crippen molar-refractivity contribution >= 4 is 16.9 Å². The molecule has 2 aliphatic heterocycles. The van der Waals surface area contributed by atoms with Gasteiger partial charge in [-0.1, -0.05) is 31.5 Å². The van der Waals surface area contributed by atoms with Crippen molar-refractivity contribution in [2.75, 3.05) is 24.5 Å². The molecule has 0 amide bonds. The first-order valence-corrected chi connectivity index (χ1v) is 13.2. The Balaban J connectivity index is 1.26. The van der Waals surface area contributed by atoms with Crippen molar-refractivity contribution in [3.05, 3.63) is 53.5 Å². The number of anilines is 1. The summed E-state index contributed by atoms with van der Waals surface area (Å²) < 4.78 is 27.2. The Morgan fingerprint density at radius 3 is 2.51 bits per heavy atom. The fraction of sp³-hybridized carbons (Fsp3) is 0.571. The molecule has 35 heavy (non-hydrogen) atoms. The molecule has 3 aromatic rings. The predicted molar refractivity (Wildman–Crippen MR) is 135 cm³/mol. The molecule has 2 atom stereocenters. The van der Waals surface area contributed by atoms with E-state index in [2.05, 4.69) is 28.9 Å². The SMILES string of the molecule is CCC1CCC2(CC1)CN(c1ncc([C@@H]3c4[nH]c5ccccc5c4C[C@@H](C)N3CC(F)F)cn1)C2. The molecule has 1 spiro atoms. The number of halogens is 2. The summed E-state index contributed by atoms with van der Waals surface area (Å²) >= 11 is 0. The van der Waals surface area contributed by atoms with E-state index in [1.165, 1.54) is 43.1 Å². The second kappa shape index (κ2) is 8.84. The molecule has 0 radical (unpaired) electrons. The van der Waals surface area contributed by atoms with E-state index in [0.717, 1.165) is 48.2 Å². The van der Waals surface area contributed by atoms with Gasteiger partial charge in [0.25, 0.3) is 6.43 Å². The summed E-state index contributed by atoms with van der Waals surface area (Å²) in [6.45, 7) is 6.15. The van der Waals surface area contributed by atoms with E-state index in [1.807, 2.05) is 36.4 Å². The number of H-pyrrole nitrogens is 1. The van der Waals surface area contributed by atoms with E-state index in [0.29, 0.717) is 5.41 Å². The zero-order valence-corrected chi connectivity index (χ0v) is 20.7. The molecule has 2 aromatic heterocycles. The molecule has 3 aliphatic rings. The quantitative estimate of drug-likeness (QED) is 0.490. The number of hydrogen-bond acceptors (Lipinski definition) is 4. The first kappa shape index (κ1) is 22.9. The van der Waals surface area contributed by atoms with Crippen LogP contribution < -0.4 is 4.90 Å². The second-order valence-corrected chi connectivity index (χ2v) is 11.1. The molecular formula is C28H35F2N5. The van der Waals surface area contributed by atoms with Crippen molar-refractivity contribution in [2.24, 2.45) is 11.3 Å². The van der Waals surface area contributed by atoms with Crippen LogP contribution in [0.15, 0.2) is 36.7 Å². The highest BCUT2D eigenvalue weighted by Crippen LogP contribution is 2.47. The highest BCUT2D eigenvalue weighted by Gasteiger charge is 2.46. The number of aromatic amines is 1. The number of benzene rings is 1. The van der Waals surface area contributed by atoms with Crippen molar-refractivity contribution in [1.29, 1.82) is 0 Å². The van der Waals surface area contributed by atoms with Crippen LogP contribution in [0.3, 0.4) is 0 Å². The average molecular weight is 480 g/mol. The van der Waals surface area contributed by atoms with Crippen molar-refractivity contribution in [3.8, 4) is 0 Å². The first-order chi connectivity index (χ1) is 17.0. The molecule has 1 saturated heterocycles. The molecule has 5 nitrogen and oxygen atoms in total. The van der Waals surface area contributed by atoms with Gasteiger partial charge in [0, 0.05) is 59.1 Å². The maximum atomic E-state index is 13.6. The largest absolute Gasteiger partial charge is 0.357 e. The number of rotatable bonds is 5. The van der Waals surface area contributed by atoms with Gasteiger partial charge in [0.2, 0.25) is 5.95 Å². The number of fused-ring (bicyclic) bond motifs is 3. The van der Waals surface area contributed by atoms with Crippen molar-refractivity contribution < 1.29 is 8.78 Å². The number of alkyl halides is 2. The van der Waals surface area contributed by atoms with E-state index in [4.69, 9.17) is 9.97 Å². The third-order valence-electron chi connectivity index (χ3n) is 8.92. The average Bonchev–Trinajstić information content (AvgIpc) is 3.21. The Morgan fingerprint density at radius 1 is 1.11 bits per heavy atom. The van der Waals surface area contributed by atoms with Crippen LogP contribution in [0.25, 0.3) is 10.9 Å². The van der Waals surface area contributed by atoms with Crippen LogP contribution in [0, 0.1) is 11.3 Å². The van der Waals surface area contributed by atoms with E-state index in [-0.39, 0.29) is 18.6 Å². The molecule has 186 valence electrons. The van der Waals surface area contributed by atoms with Gasteiger partial charge in [-0.25, -0.2) is 18.7 Å². The normalized spacial score (nSPS) is 24.8. The van der Waals surface area contributed by atoms with Gasteiger partial charge < -0.3 is 9.88 Å². The molecule has 6 rings (SSSR count). The molecule has 1 saturated carbocycles. The van der Waals surface area contributed by atoms with E-state index >= 15 is 0 Å². The molecule has 1 N–H and O–H groups in total. The van der Waals surface area contributed by atoms with Crippen LogP contribution in [0.2, 0.25) is 0 Å². The highest BCUT2D eigenvalue weighted by atomic mass is 19.3. The topological polar surface area (TPSA) is 48.1 Å². The zero-order chi connectivity index (χ0) is 24.2. The van der Waals surface area contributed by atoms with Gasteiger partial charge in [-0.05, 0) is 56.6 Å². The summed E-state index contributed by atoms with van der Waals surface area (Å²) in [5.74, 6) is 1.66. The van der Waals surface area contributed by atoms with Gasteiger partial charge in [-0.3, -0.25) is 4.90 Å². The van der Waals surface area contributed by atoms with Crippen LogP contribution in [0.4, 0.5) is 14.7 Å². The molecule has 0 unspecified atom stereocenters. The Labute approximate surface area is 205 Å². The van der Waals surface area contributed by atoms with Crippen molar-refractivity contribution in [1.82, 2.24) is 19.9 Å². The maximum absolute atomic E-state index is 13.6. The number of para-hydroxylation sites is 1. The molecule has 2 fully saturated rings. The molecule has 7 heteroatoms. The summed E-state index contributed by atoms with van der Waals surface area (Å²) in [6, 6.07) is 7.90. The number of nitrogens with zero attached hydrogens (tertiary/aromatic N) is 4. The van der Waals surface area contributed by atoms with Gasteiger partial charge in [0.15, 0.2) is 0 Å². The third-order valence-corrected chi connectivity index (χ3v) is 8.92. The van der Waals surface area contributed by atoms with Gasteiger partial charge in [-0.15, -0.1) is 0 Å². The number of hydrogen-bond donors (Lipinski definition) is 1. The van der Waals surface area contributed by atoms with E-state index in [1.54, 1.807) is 0 Å². The van der Waals surface area contributed by atoms with Gasteiger partial charge in [0.05, 0.1) is 12.6 Å². The first-order valence-electron chi connectivity index (χ1n) is 13.2. The standard InChI is InChI=1S/C28H35F2N5/c1-3-19-8-10-28(11-9-19)16-34(17-28)27-31-13-20(14-32-27)26-25-22(12-18(2)35(26)15-24(29)30)21-6-4-5-7-23(21)33-25/h4-7,13-14,18-19,24,26,33H,3,8-12,15-17H2,1-2H3/t18-,26-/m1/s1. The van der Waals surface area contributed by atoms with Gasteiger partial charge in [0.1, 0.15) is 0 Å². The summed E-state index contributed by atoms with van der Waals surface area (Å²) in [6.07, 6.45) is 8.67. The lowest BCUT2D eigenvalue weighted by Gasteiger charge is -2.53. The van der Waals surface area contributed by atoms with Crippen LogP contribution in [-0.4, -0.2) is 52.0 Å². The lowest BCUT2D eigenvalue weighted by molar-refractivity contribution is 0.0454. The third kappa shape index (κ3) is 4.02. The Morgan fingerprint density at radius 2 is 1.83 bits per heavy atom. The predicted octanol–water partition coefficient (Wildman–Crippen LogP) is 5.97. The second-order valence-electron chi connectivity index (χ2n) is 11.1. The van der Waals surface area contributed by atoms with Gasteiger partial charge >= 0.3 is 0 Å². The van der Waals surface area contributed by atoms with Crippen molar-refractivity contribution in [3.63, 3.8) is 0 Å². The summed E-state index contributed by atoms with van der Waals surface area (Å²) in [4.78, 5) is 17.2. The molecule has 1 aliphatic carbocycles. The van der Waals surface area contributed by atoms with E-state index in [9.17, 15) is 8.78 Å². The smallest absolute Gasteiger partial charge is 0.251 e. The summed E-state index contributed by atoms with van der Waals surface area (Å²) in [5.41, 5.74) is 4.58. The molecule has 1 aromatic carbocycles. The fourth-order valence-electron chi connectivity index (χ4n) is 6.87. The minimum Gasteiger partial charge on any atom is -0.357 e. The van der Waals surface area contributed by atoms with Crippen LogP contribution in [-0.2, 0) is 6.42 Å². The summed E-state index contributed by atoms with van der Waals surface area (Å²) in [5, 5.41) is 1.18. The fourth-order valence-corrected chi connectivity index (χ4v) is 6.87. The van der Waals surface area contributed by atoms with Crippen LogP contribution >= 0.6 is 0 Å².